The molecule has 3 heterocycles. The molecule has 9 heteroatoms. The van der Waals surface area contributed by atoms with Gasteiger partial charge in [0.25, 0.3) is 11.5 Å². The summed E-state index contributed by atoms with van der Waals surface area (Å²) in [6.45, 7) is 2.83. The lowest BCUT2D eigenvalue weighted by Crippen LogP contribution is -3.12. The summed E-state index contributed by atoms with van der Waals surface area (Å²) < 4.78 is 7.51. The highest BCUT2D eigenvalue weighted by Crippen LogP contribution is 2.14. The van der Waals surface area contributed by atoms with Crippen LogP contribution in [0.2, 0.25) is 0 Å². The number of thiophene rings is 1. The molecule has 32 heavy (non-hydrogen) atoms. The van der Waals surface area contributed by atoms with Crippen LogP contribution in [0.15, 0.2) is 46.6 Å². The molecule has 4 rings (SSSR count). The van der Waals surface area contributed by atoms with E-state index in [0.29, 0.717) is 33.7 Å². The van der Waals surface area contributed by atoms with E-state index in [-0.39, 0.29) is 17.0 Å². The normalized spacial score (nSPS) is 16.0. The van der Waals surface area contributed by atoms with E-state index in [1.54, 1.807) is 42.4 Å². The fraction of sp³-hybridized carbons (Fsp3) is 0.261. The van der Waals surface area contributed by atoms with Gasteiger partial charge < -0.3 is 14.5 Å². The van der Waals surface area contributed by atoms with E-state index in [4.69, 9.17) is 4.74 Å². The minimum absolute atomic E-state index is 0.00620. The van der Waals surface area contributed by atoms with Crippen molar-refractivity contribution in [2.75, 3.05) is 40.3 Å². The number of carbonyl (C=O) groups is 1. The summed E-state index contributed by atoms with van der Waals surface area (Å²) in [5.74, 6) is 0.329. The molecule has 1 saturated heterocycles. The third-order valence-electron chi connectivity index (χ3n) is 5.41. The maximum atomic E-state index is 13.4. The van der Waals surface area contributed by atoms with Crippen LogP contribution in [0, 0.1) is 11.3 Å². The molecule has 1 fully saturated rings. The van der Waals surface area contributed by atoms with Crippen molar-refractivity contribution in [2.24, 2.45) is 0 Å². The van der Waals surface area contributed by atoms with Gasteiger partial charge in [0.1, 0.15) is 16.5 Å². The van der Waals surface area contributed by atoms with Crippen LogP contribution in [0.1, 0.15) is 4.88 Å². The van der Waals surface area contributed by atoms with Crippen LogP contribution in [-0.2, 0) is 4.79 Å². The van der Waals surface area contributed by atoms with Gasteiger partial charge in [0, 0.05) is 4.88 Å². The summed E-state index contributed by atoms with van der Waals surface area (Å²) in [6.07, 6.45) is 1.81. The fourth-order valence-corrected chi connectivity index (χ4v) is 5.37. The molecule has 0 saturated carbocycles. The van der Waals surface area contributed by atoms with Gasteiger partial charge in [-0.05, 0) is 41.8 Å². The molecule has 1 aliphatic heterocycles. The van der Waals surface area contributed by atoms with Crippen molar-refractivity contribution < 1.29 is 14.4 Å². The van der Waals surface area contributed by atoms with Crippen molar-refractivity contribution in [3.63, 3.8) is 0 Å². The molecule has 3 aromatic rings. The number of methoxy groups -OCH3 is 1. The number of hydrogen-bond donors (Lipinski definition) is 1. The zero-order chi connectivity index (χ0) is 22.7. The third-order valence-corrected chi connectivity index (χ3v) is 7.33. The van der Waals surface area contributed by atoms with Crippen molar-refractivity contribution in [3.8, 4) is 17.5 Å². The minimum Gasteiger partial charge on any atom is -0.497 e. The van der Waals surface area contributed by atoms with Crippen molar-refractivity contribution >= 4 is 40.2 Å². The molecule has 1 N–H and O–H groups in total. The molecular formula is C23H23N4O3S2+. The zero-order valence-corrected chi connectivity index (χ0v) is 19.5. The Morgan fingerprint density at radius 1 is 1.22 bits per heavy atom. The number of thiazole rings is 1. The van der Waals surface area contributed by atoms with E-state index < -0.39 is 0 Å². The van der Waals surface area contributed by atoms with Gasteiger partial charge in [-0.15, -0.1) is 22.7 Å². The molecular weight excluding hydrogens is 444 g/mol. The van der Waals surface area contributed by atoms with Crippen molar-refractivity contribution in [3.05, 3.63) is 66.2 Å². The second-order valence-electron chi connectivity index (χ2n) is 7.51. The first-order valence-electron chi connectivity index (χ1n) is 10.2. The van der Waals surface area contributed by atoms with Crippen molar-refractivity contribution in [1.29, 1.82) is 5.26 Å². The summed E-state index contributed by atoms with van der Waals surface area (Å²) in [7, 11) is 3.66. The van der Waals surface area contributed by atoms with Gasteiger partial charge in [-0.2, -0.15) is 5.26 Å². The van der Waals surface area contributed by atoms with Gasteiger partial charge >= 0.3 is 0 Å². The quantitative estimate of drug-likeness (QED) is 0.578. The highest BCUT2D eigenvalue weighted by atomic mass is 32.1. The molecule has 0 atom stereocenters. The van der Waals surface area contributed by atoms with Crippen LogP contribution in [0.3, 0.4) is 0 Å². The second kappa shape index (κ2) is 9.53. The van der Waals surface area contributed by atoms with Crippen LogP contribution in [0.5, 0.6) is 5.75 Å². The third kappa shape index (κ3) is 4.39. The number of hydrogen-bond acceptors (Lipinski definition) is 6. The van der Waals surface area contributed by atoms with Crippen LogP contribution >= 0.6 is 22.7 Å². The van der Waals surface area contributed by atoms with E-state index in [0.717, 1.165) is 18.0 Å². The molecule has 1 aliphatic rings. The van der Waals surface area contributed by atoms with Gasteiger partial charge in [0.15, 0.2) is 5.57 Å². The molecule has 0 unspecified atom stereocenters. The summed E-state index contributed by atoms with van der Waals surface area (Å²) in [5, 5.41) is 11.9. The van der Waals surface area contributed by atoms with Crippen LogP contribution in [0.25, 0.3) is 17.3 Å². The minimum atomic E-state index is -0.328. The van der Waals surface area contributed by atoms with E-state index in [2.05, 4.69) is 13.1 Å². The highest BCUT2D eigenvalue weighted by molar-refractivity contribution is 7.11. The zero-order valence-electron chi connectivity index (χ0n) is 17.8. The Morgan fingerprint density at radius 2 is 1.94 bits per heavy atom. The lowest BCUT2D eigenvalue weighted by molar-refractivity contribution is -0.883. The number of amides is 1. The maximum Gasteiger partial charge on any atom is 0.273 e. The Balaban J connectivity index is 1.93. The van der Waals surface area contributed by atoms with Gasteiger partial charge in [-0.25, -0.2) is 0 Å². The first-order chi connectivity index (χ1) is 15.5. The number of quaternary nitrogens is 1. The smallest absolute Gasteiger partial charge is 0.273 e. The molecule has 1 amide bonds. The Bertz CT molecular complexity index is 1320. The van der Waals surface area contributed by atoms with Crippen molar-refractivity contribution in [2.45, 2.75) is 0 Å². The van der Waals surface area contributed by atoms with Crippen molar-refractivity contribution in [1.82, 2.24) is 9.47 Å². The van der Waals surface area contributed by atoms with Crippen LogP contribution in [0.4, 0.5) is 0 Å². The predicted molar refractivity (Wildman–Crippen MR) is 126 cm³/mol. The highest BCUT2D eigenvalue weighted by Gasteiger charge is 2.26. The second-order valence-corrected chi connectivity index (χ2v) is 9.52. The SMILES string of the molecule is COc1ccc(-n2c(=O)/c(=C\c3cccs3)s/c2=C(/C#N)C(=O)N2CC[NH+](C)CC2)cc1. The van der Waals surface area contributed by atoms with Crippen LogP contribution < -0.4 is 24.4 Å². The molecule has 0 spiro atoms. The van der Waals surface area contributed by atoms with Crippen LogP contribution in [-0.4, -0.2) is 55.7 Å². The van der Waals surface area contributed by atoms with E-state index in [1.165, 1.54) is 32.1 Å². The lowest BCUT2D eigenvalue weighted by Gasteiger charge is -2.29. The average molecular weight is 468 g/mol. The topological polar surface area (TPSA) is 79.8 Å². The summed E-state index contributed by atoms with van der Waals surface area (Å²) >= 11 is 2.70. The van der Waals surface area contributed by atoms with E-state index in [1.807, 2.05) is 17.5 Å². The van der Waals surface area contributed by atoms with E-state index >= 15 is 0 Å². The molecule has 0 aliphatic carbocycles. The number of benzene rings is 1. The monoisotopic (exact) mass is 467 g/mol. The first-order valence-corrected chi connectivity index (χ1v) is 11.9. The maximum absolute atomic E-state index is 13.4. The molecule has 0 bridgehead atoms. The number of piperazine rings is 1. The molecule has 7 nitrogen and oxygen atoms in total. The predicted octanol–water partition coefficient (Wildman–Crippen LogP) is -0.171. The van der Waals surface area contributed by atoms with Gasteiger partial charge in [-0.3, -0.25) is 14.2 Å². The standard InChI is InChI=1S/C23H22N4O3S2/c1-25-9-11-26(12-10-25)21(28)19(15-24)23-27(16-5-7-17(30-2)8-6-16)22(29)20(32-23)14-18-4-3-13-31-18/h3-8,13-14H,9-12H2,1-2H3/p+1/b20-14+,23-19-. The Hall–Kier alpha value is -3.19. The number of nitrogens with zero attached hydrogens (tertiary/aromatic N) is 3. The number of nitrogens with one attached hydrogen (secondary N) is 1. The Labute approximate surface area is 193 Å². The molecule has 164 valence electrons. The molecule has 2 aromatic heterocycles. The van der Waals surface area contributed by atoms with Gasteiger partial charge in [0.2, 0.25) is 0 Å². The summed E-state index contributed by atoms with van der Waals surface area (Å²) in [4.78, 5) is 30.7. The Morgan fingerprint density at radius 3 is 2.53 bits per heavy atom. The number of nitriles is 1. The number of ether oxygens (including phenoxy) is 1. The number of aromatic nitrogens is 1. The largest absolute Gasteiger partial charge is 0.497 e. The van der Waals surface area contributed by atoms with E-state index in [9.17, 15) is 14.9 Å². The fourth-order valence-electron chi connectivity index (χ4n) is 3.56. The lowest BCUT2D eigenvalue weighted by atomic mass is 10.2. The Kier molecular flexibility index (Phi) is 6.55. The summed E-state index contributed by atoms with van der Waals surface area (Å²) in [6, 6.07) is 12.9. The summed E-state index contributed by atoms with van der Waals surface area (Å²) in [5.41, 5.74) is 0.316. The molecule has 1 aromatic carbocycles. The van der Waals surface area contributed by atoms with Gasteiger partial charge in [-0.1, -0.05) is 6.07 Å². The molecule has 0 radical (unpaired) electrons. The first kappa shape index (κ1) is 22.0. The number of rotatable bonds is 4. The number of likely N-dealkylation sites (N-methyl/N-ethyl adjacent to an activating group) is 1. The average Bonchev–Trinajstić information content (AvgIpc) is 3.43. The number of carbonyl (C=O) groups excluding carboxylic acids is 1. The van der Waals surface area contributed by atoms with Gasteiger partial charge in [0.05, 0.1) is 50.6 Å².